The Bertz CT molecular complexity index is 677. The van der Waals surface area contributed by atoms with Gasteiger partial charge in [-0.3, -0.25) is 4.90 Å². The van der Waals surface area contributed by atoms with Crippen molar-refractivity contribution >= 4 is 0 Å². The second-order valence-corrected chi connectivity index (χ2v) is 6.30. The predicted molar refractivity (Wildman–Crippen MR) is 92.9 cm³/mol. The van der Waals surface area contributed by atoms with Crippen molar-refractivity contribution in [3.63, 3.8) is 0 Å². The van der Waals surface area contributed by atoms with Gasteiger partial charge in [-0.25, -0.2) is 8.78 Å². The molecule has 2 aromatic rings. The SMILES string of the molecule is N#CCC[C@@H]1CNCCN1C(c1ccc(F)cc1)c1ccc(F)cc1. The molecule has 1 fully saturated rings. The zero-order valence-electron chi connectivity index (χ0n) is 14.0. The second kappa shape index (κ2) is 8.19. The molecule has 0 radical (unpaired) electrons. The summed E-state index contributed by atoms with van der Waals surface area (Å²) in [7, 11) is 0. The van der Waals surface area contributed by atoms with Gasteiger partial charge in [-0.2, -0.15) is 5.26 Å². The van der Waals surface area contributed by atoms with Crippen LogP contribution in [0.15, 0.2) is 48.5 Å². The van der Waals surface area contributed by atoms with Crippen molar-refractivity contribution in [2.24, 2.45) is 0 Å². The van der Waals surface area contributed by atoms with Gasteiger partial charge in [-0.1, -0.05) is 24.3 Å². The quantitative estimate of drug-likeness (QED) is 0.903. The van der Waals surface area contributed by atoms with E-state index in [4.69, 9.17) is 5.26 Å². The first-order valence-electron chi connectivity index (χ1n) is 8.53. The first-order chi connectivity index (χ1) is 12.2. The minimum Gasteiger partial charge on any atom is -0.314 e. The number of nitrogens with zero attached hydrogens (tertiary/aromatic N) is 2. The van der Waals surface area contributed by atoms with E-state index in [1.54, 1.807) is 24.3 Å². The lowest BCUT2D eigenvalue weighted by molar-refractivity contribution is 0.119. The van der Waals surface area contributed by atoms with Crippen LogP contribution in [-0.4, -0.2) is 30.6 Å². The molecule has 1 heterocycles. The van der Waals surface area contributed by atoms with Crippen LogP contribution in [0.4, 0.5) is 8.78 Å². The van der Waals surface area contributed by atoms with Crippen molar-refractivity contribution in [3.8, 4) is 6.07 Å². The Morgan fingerprint density at radius 1 is 1.04 bits per heavy atom. The molecule has 0 spiro atoms. The van der Waals surface area contributed by atoms with Gasteiger partial charge in [0.1, 0.15) is 11.6 Å². The highest BCUT2D eigenvalue weighted by molar-refractivity contribution is 5.32. The summed E-state index contributed by atoms with van der Waals surface area (Å²) in [6.07, 6.45) is 1.25. The fourth-order valence-electron chi connectivity index (χ4n) is 3.48. The Kier molecular flexibility index (Phi) is 5.75. The van der Waals surface area contributed by atoms with Crippen molar-refractivity contribution in [1.82, 2.24) is 10.2 Å². The normalized spacial score (nSPS) is 18.2. The topological polar surface area (TPSA) is 39.1 Å². The molecule has 0 aromatic heterocycles. The summed E-state index contributed by atoms with van der Waals surface area (Å²) in [4.78, 5) is 2.34. The summed E-state index contributed by atoms with van der Waals surface area (Å²) in [6.45, 7) is 2.47. The lowest BCUT2D eigenvalue weighted by Gasteiger charge is -2.42. The van der Waals surface area contributed by atoms with Crippen molar-refractivity contribution in [3.05, 3.63) is 71.3 Å². The molecular formula is C20H21F2N3. The summed E-state index contributed by atoms with van der Waals surface area (Å²) in [6, 6.07) is 15.3. The van der Waals surface area contributed by atoms with Gasteiger partial charge in [0.15, 0.2) is 0 Å². The average Bonchev–Trinajstić information content (AvgIpc) is 2.64. The number of hydrogen-bond acceptors (Lipinski definition) is 3. The highest BCUT2D eigenvalue weighted by Gasteiger charge is 2.30. The Morgan fingerprint density at radius 3 is 2.12 bits per heavy atom. The maximum atomic E-state index is 13.4. The molecule has 0 bridgehead atoms. The molecule has 1 N–H and O–H groups in total. The smallest absolute Gasteiger partial charge is 0.123 e. The zero-order valence-corrected chi connectivity index (χ0v) is 14.0. The molecule has 1 aliphatic heterocycles. The van der Waals surface area contributed by atoms with Crippen LogP contribution < -0.4 is 5.32 Å². The number of nitriles is 1. The van der Waals surface area contributed by atoms with E-state index in [1.807, 2.05) is 0 Å². The van der Waals surface area contributed by atoms with Crippen molar-refractivity contribution < 1.29 is 8.78 Å². The number of piperazine rings is 1. The van der Waals surface area contributed by atoms with E-state index in [0.717, 1.165) is 37.2 Å². The summed E-state index contributed by atoms with van der Waals surface area (Å²) in [5, 5.41) is 12.3. The van der Waals surface area contributed by atoms with Gasteiger partial charge < -0.3 is 5.32 Å². The van der Waals surface area contributed by atoms with Crippen molar-refractivity contribution in [2.45, 2.75) is 24.9 Å². The molecule has 1 atom stereocenters. The molecule has 0 saturated carbocycles. The maximum absolute atomic E-state index is 13.4. The third-order valence-corrected chi connectivity index (χ3v) is 4.69. The monoisotopic (exact) mass is 341 g/mol. The molecule has 25 heavy (non-hydrogen) atoms. The molecule has 0 amide bonds. The highest BCUT2D eigenvalue weighted by atomic mass is 19.1. The minimum atomic E-state index is -0.275. The Balaban J connectivity index is 1.98. The molecule has 1 aliphatic rings. The average molecular weight is 341 g/mol. The lowest BCUT2D eigenvalue weighted by atomic mass is 9.93. The second-order valence-electron chi connectivity index (χ2n) is 6.30. The molecule has 2 aromatic carbocycles. The predicted octanol–water partition coefficient (Wildman–Crippen LogP) is 3.63. The van der Waals surface area contributed by atoms with E-state index >= 15 is 0 Å². The van der Waals surface area contributed by atoms with Gasteiger partial charge in [-0.15, -0.1) is 0 Å². The van der Waals surface area contributed by atoms with Gasteiger partial charge in [-0.05, 0) is 41.8 Å². The number of halogens is 2. The van der Waals surface area contributed by atoms with Crippen LogP contribution in [0.2, 0.25) is 0 Å². The third-order valence-electron chi connectivity index (χ3n) is 4.69. The van der Waals surface area contributed by atoms with E-state index in [9.17, 15) is 8.78 Å². The maximum Gasteiger partial charge on any atom is 0.123 e. The number of nitrogens with one attached hydrogen (secondary N) is 1. The fraction of sp³-hybridized carbons (Fsp3) is 0.350. The van der Waals surface area contributed by atoms with E-state index in [1.165, 1.54) is 24.3 Å². The van der Waals surface area contributed by atoms with Crippen LogP contribution in [0.25, 0.3) is 0 Å². The van der Waals surface area contributed by atoms with E-state index < -0.39 is 0 Å². The minimum absolute atomic E-state index is 0.0907. The van der Waals surface area contributed by atoms with Gasteiger partial charge in [0.2, 0.25) is 0 Å². The van der Waals surface area contributed by atoms with Crippen molar-refractivity contribution in [1.29, 1.82) is 5.26 Å². The van der Waals surface area contributed by atoms with Crippen LogP contribution in [0, 0.1) is 23.0 Å². The first kappa shape index (κ1) is 17.5. The molecule has 3 nitrogen and oxygen atoms in total. The van der Waals surface area contributed by atoms with E-state index in [-0.39, 0.29) is 23.7 Å². The molecule has 0 aliphatic carbocycles. The van der Waals surface area contributed by atoms with Crippen LogP contribution in [-0.2, 0) is 0 Å². The van der Waals surface area contributed by atoms with Crippen LogP contribution in [0.3, 0.4) is 0 Å². The van der Waals surface area contributed by atoms with Crippen LogP contribution in [0.1, 0.15) is 30.0 Å². The first-order valence-corrected chi connectivity index (χ1v) is 8.53. The van der Waals surface area contributed by atoms with Crippen molar-refractivity contribution in [2.75, 3.05) is 19.6 Å². The zero-order chi connectivity index (χ0) is 17.6. The molecular weight excluding hydrogens is 320 g/mol. The largest absolute Gasteiger partial charge is 0.314 e. The van der Waals surface area contributed by atoms with Gasteiger partial charge in [0.25, 0.3) is 0 Å². The summed E-state index contributed by atoms with van der Waals surface area (Å²) in [5.41, 5.74) is 1.94. The fourth-order valence-corrected chi connectivity index (χ4v) is 3.48. The number of benzene rings is 2. The molecule has 5 heteroatoms. The number of hydrogen-bond donors (Lipinski definition) is 1. The Morgan fingerprint density at radius 2 is 1.60 bits per heavy atom. The Hall–Kier alpha value is -2.29. The molecule has 3 rings (SSSR count). The Labute approximate surface area is 146 Å². The molecule has 0 unspecified atom stereocenters. The van der Waals surface area contributed by atoms with Gasteiger partial charge in [0, 0.05) is 32.1 Å². The van der Waals surface area contributed by atoms with E-state index in [0.29, 0.717) is 6.42 Å². The highest BCUT2D eigenvalue weighted by Crippen LogP contribution is 2.32. The molecule has 1 saturated heterocycles. The van der Waals surface area contributed by atoms with E-state index in [2.05, 4.69) is 16.3 Å². The summed E-state index contributed by atoms with van der Waals surface area (Å²) >= 11 is 0. The third kappa shape index (κ3) is 4.22. The van der Waals surface area contributed by atoms with Crippen LogP contribution >= 0.6 is 0 Å². The van der Waals surface area contributed by atoms with Gasteiger partial charge in [0.05, 0.1) is 12.1 Å². The lowest BCUT2D eigenvalue weighted by Crippen LogP contribution is -2.52. The standard InChI is InChI=1S/C20H21F2N3/c21-17-7-3-15(4-8-17)20(16-5-9-18(22)10-6-16)25-13-12-24-14-19(25)2-1-11-23/h3-10,19-20,24H,1-2,12-14H2/t19-/m1/s1. The van der Waals surface area contributed by atoms with Gasteiger partial charge >= 0.3 is 0 Å². The summed E-state index contributed by atoms with van der Waals surface area (Å²) in [5.74, 6) is -0.550. The molecule has 130 valence electrons. The number of rotatable bonds is 5. The summed E-state index contributed by atoms with van der Waals surface area (Å²) < 4.78 is 26.8. The van der Waals surface area contributed by atoms with Crippen LogP contribution in [0.5, 0.6) is 0 Å².